The van der Waals surface area contributed by atoms with Crippen molar-refractivity contribution in [2.45, 2.75) is 52.0 Å². The first kappa shape index (κ1) is 12.0. The van der Waals surface area contributed by atoms with E-state index in [-0.39, 0.29) is 11.9 Å². The fraction of sp³-hybridized carbons (Fsp3) is 0.818. The number of carboxylic acids is 1. The molecule has 1 aliphatic rings. The molecule has 0 saturated heterocycles. The van der Waals surface area contributed by atoms with E-state index in [1.807, 2.05) is 6.92 Å². The Bertz CT molecular complexity index is 265. The van der Waals surface area contributed by atoms with Gasteiger partial charge in [-0.05, 0) is 26.2 Å². The smallest absolute Gasteiger partial charge is 0.311 e. The number of carboxylic acid groups (broad SMARTS) is 1. The molecule has 0 aliphatic heterocycles. The van der Waals surface area contributed by atoms with Crippen LogP contribution in [0.4, 0.5) is 0 Å². The molecule has 1 aliphatic carbocycles. The Morgan fingerprint density at radius 3 is 2.73 bits per heavy atom. The third-order valence-corrected chi connectivity index (χ3v) is 3.26. The summed E-state index contributed by atoms with van der Waals surface area (Å²) < 4.78 is 0. The van der Waals surface area contributed by atoms with Gasteiger partial charge in [-0.3, -0.25) is 9.59 Å². The normalized spacial score (nSPS) is 30.1. The zero-order chi connectivity index (χ0) is 11.5. The summed E-state index contributed by atoms with van der Waals surface area (Å²) in [6, 6.07) is -0.200. The molecule has 15 heavy (non-hydrogen) atoms. The number of amides is 1. The van der Waals surface area contributed by atoms with Gasteiger partial charge in [0.25, 0.3) is 0 Å². The first-order chi connectivity index (χ1) is 7.00. The van der Waals surface area contributed by atoms with Crippen molar-refractivity contribution in [2.24, 2.45) is 5.41 Å². The Labute approximate surface area is 90.0 Å². The highest BCUT2D eigenvalue weighted by Crippen LogP contribution is 2.38. The summed E-state index contributed by atoms with van der Waals surface area (Å²) in [7, 11) is 0. The molecular weight excluding hydrogens is 194 g/mol. The summed E-state index contributed by atoms with van der Waals surface area (Å²) in [5.74, 6) is -0.835. The van der Waals surface area contributed by atoms with Crippen LogP contribution in [0.5, 0.6) is 0 Å². The van der Waals surface area contributed by atoms with Crippen molar-refractivity contribution in [3.05, 3.63) is 0 Å². The molecule has 0 bridgehead atoms. The largest absolute Gasteiger partial charge is 0.481 e. The molecule has 2 N–H and O–H groups in total. The molecule has 0 aromatic rings. The summed E-state index contributed by atoms with van der Waals surface area (Å²) in [4.78, 5) is 22.5. The zero-order valence-electron chi connectivity index (χ0n) is 9.38. The molecule has 0 aromatic carbocycles. The molecule has 2 atom stereocenters. The molecule has 1 amide bonds. The van der Waals surface area contributed by atoms with E-state index < -0.39 is 11.4 Å². The third kappa shape index (κ3) is 2.49. The van der Waals surface area contributed by atoms with E-state index in [4.69, 9.17) is 5.11 Å². The van der Waals surface area contributed by atoms with Crippen molar-refractivity contribution >= 4 is 11.9 Å². The van der Waals surface area contributed by atoms with Crippen molar-refractivity contribution in [3.63, 3.8) is 0 Å². The highest BCUT2D eigenvalue weighted by atomic mass is 16.4. The van der Waals surface area contributed by atoms with Crippen LogP contribution in [0.1, 0.15) is 46.0 Å². The van der Waals surface area contributed by atoms with Crippen molar-refractivity contribution in [3.8, 4) is 0 Å². The van der Waals surface area contributed by atoms with Crippen LogP contribution < -0.4 is 5.32 Å². The Morgan fingerprint density at radius 1 is 1.53 bits per heavy atom. The molecule has 0 radical (unpaired) electrons. The molecular formula is C11H19NO3. The molecule has 1 rings (SSSR count). The van der Waals surface area contributed by atoms with Crippen molar-refractivity contribution in [1.29, 1.82) is 0 Å². The molecule has 4 heteroatoms. The lowest BCUT2D eigenvalue weighted by atomic mass is 9.85. The summed E-state index contributed by atoms with van der Waals surface area (Å²) in [6.07, 6.45) is 3.58. The van der Waals surface area contributed by atoms with Crippen LogP contribution in [-0.2, 0) is 9.59 Å². The van der Waals surface area contributed by atoms with Gasteiger partial charge in [0.05, 0.1) is 5.41 Å². The van der Waals surface area contributed by atoms with Gasteiger partial charge in [0.15, 0.2) is 0 Å². The van der Waals surface area contributed by atoms with E-state index in [1.54, 1.807) is 6.92 Å². The van der Waals surface area contributed by atoms with E-state index in [2.05, 4.69) is 5.32 Å². The molecule has 1 fully saturated rings. The molecule has 0 heterocycles. The fourth-order valence-corrected chi connectivity index (χ4v) is 2.15. The summed E-state index contributed by atoms with van der Waals surface area (Å²) in [6.45, 7) is 3.66. The number of carbonyl (C=O) groups is 2. The summed E-state index contributed by atoms with van der Waals surface area (Å²) >= 11 is 0. The molecule has 1 saturated carbocycles. The maximum absolute atomic E-state index is 11.4. The highest BCUT2D eigenvalue weighted by Gasteiger charge is 2.45. The lowest BCUT2D eigenvalue weighted by Crippen LogP contribution is -2.46. The molecule has 2 unspecified atom stereocenters. The van der Waals surface area contributed by atoms with Crippen LogP contribution >= 0.6 is 0 Å². The monoisotopic (exact) mass is 213 g/mol. The molecule has 0 spiro atoms. The maximum Gasteiger partial charge on any atom is 0.311 e. The lowest BCUT2D eigenvalue weighted by Gasteiger charge is -2.27. The number of hydrogen-bond acceptors (Lipinski definition) is 2. The Morgan fingerprint density at radius 2 is 2.20 bits per heavy atom. The van der Waals surface area contributed by atoms with Gasteiger partial charge < -0.3 is 10.4 Å². The average molecular weight is 213 g/mol. The number of hydrogen-bond donors (Lipinski definition) is 2. The van der Waals surface area contributed by atoms with E-state index in [0.717, 1.165) is 19.3 Å². The van der Waals surface area contributed by atoms with Crippen LogP contribution in [0.3, 0.4) is 0 Å². The SMILES string of the molecule is CCCC(=O)NC1CCCC1(C)C(=O)O. The first-order valence-electron chi connectivity index (χ1n) is 5.53. The minimum absolute atomic E-state index is 0.0307. The van der Waals surface area contributed by atoms with Gasteiger partial charge >= 0.3 is 5.97 Å². The third-order valence-electron chi connectivity index (χ3n) is 3.26. The minimum atomic E-state index is -0.804. The molecule has 4 nitrogen and oxygen atoms in total. The van der Waals surface area contributed by atoms with Gasteiger partial charge in [-0.15, -0.1) is 0 Å². The topological polar surface area (TPSA) is 66.4 Å². The van der Waals surface area contributed by atoms with Crippen LogP contribution in [0, 0.1) is 5.41 Å². The number of nitrogens with one attached hydrogen (secondary N) is 1. The second kappa shape index (κ2) is 4.64. The summed E-state index contributed by atoms with van der Waals surface area (Å²) in [5, 5.41) is 12.0. The fourth-order valence-electron chi connectivity index (χ4n) is 2.15. The summed E-state index contributed by atoms with van der Waals surface area (Å²) in [5.41, 5.74) is -0.774. The molecule has 0 aromatic heterocycles. The van der Waals surface area contributed by atoms with Crippen LogP contribution in [0.15, 0.2) is 0 Å². The van der Waals surface area contributed by atoms with E-state index in [0.29, 0.717) is 12.8 Å². The van der Waals surface area contributed by atoms with Crippen LogP contribution in [0.2, 0.25) is 0 Å². The lowest BCUT2D eigenvalue weighted by molar-refractivity contribution is -0.149. The predicted octanol–water partition coefficient (Wildman–Crippen LogP) is 1.55. The van der Waals surface area contributed by atoms with Gasteiger partial charge in [-0.2, -0.15) is 0 Å². The van der Waals surface area contributed by atoms with Crippen molar-refractivity contribution in [1.82, 2.24) is 5.32 Å². The average Bonchev–Trinajstić information content (AvgIpc) is 2.50. The number of carbonyl (C=O) groups excluding carboxylic acids is 1. The quantitative estimate of drug-likeness (QED) is 0.744. The van der Waals surface area contributed by atoms with Gasteiger partial charge in [0.2, 0.25) is 5.91 Å². The zero-order valence-corrected chi connectivity index (χ0v) is 9.38. The second-order valence-corrected chi connectivity index (χ2v) is 4.48. The first-order valence-corrected chi connectivity index (χ1v) is 5.53. The van der Waals surface area contributed by atoms with Gasteiger partial charge in [-0.25, -0.2) is 0 Å². The van der Waals surface area contributed by atoms with E-state index in [1.165, 1.54) is 0 Å². The Kier molecular flexibility index (Phi) is 3.72. The predicted molar refractivity (Wildman–Crippen MR) is 56.4 cm³/mol. The minimum Gasteiger partial charge on any atom is -0.481 e. The number of aliphatic carboxylic acids is 1. The Hall–Kier alpha value is -1.06. The Balaban J connectivity index is 2.61. The van der Waals surface area contributed by atoms with Crippen molar-refractivity contribution < 1.29 is 14.7 Å². The second-order valence-electron chi connectivity index (χ2n) is 4.48. The van der Waals surface area contributed by atoms with Crippen LogP contribution in [-0.4, -0.2) is 23.0 Å². The van der Waals surface area contributed by atoms with Crippen LogP contribution in [0.25, 0.3) is 0 Å². The number of rotatable bonds is 4. The van der Waals surface area contributed by atoms with Gasteiger partial charge in [0, 0.05) is 12.5 Å². The van der Waals surface area contributed by atoms with Crippen molar-refractivity contribution in [2.75, 3.05) is 0 Å². The molecule has 86 valence electrons. The highest BCUT2D eigenvalue weighted by molar-refractivity contribution is 5.80. The van der Waals surface area contributed by atoms with Gasteiger partial charge in [-0.1, -0.05) is 13.3 Å². The standard InChI is InChI=1S/C11H19NO3/c1-3-5-9(13)12-8-6-4-7-11(8,2)10(14)15/h8H,3-7H2,1-2H3,(H,12,13)(H,14,15). The van der Waals surface area contributed by atoms with E-state index in [9.17, 15) is 9.59 Å². The van der Waals surface area contributed by atoms with E-state index >= 15 is 0 Å². The maximum atomic E-state index is 11.4. The van der Waals surface area contributed by atoms with Gasteiger partial charge in [0.1, 0.15) is 0 Å².